The van der Waals surface area contributed by atoms with Crippen LogP contribution in [0.4, 0.5) is 0 Å². The van der Waals surface area contributed by atoms with E-state index in [1.165, 1.54) is 0 Å². The maximum absolute atomic E-state index is 12.0. The van der Waals surface area contributed by atoms with Gasteiger partial charge in [-0.1, -0.05) is 24.3 Å². The predicted molar refractivity (Wildman–Crippen MR) is 63.2 cm³/mol. The standard InChI is InChI=1S/C13H17NO3/c1-7(2)6-14-12(15)10-8-3-4-9(5-8)11(10)13(16)17/h3-4,8-11H,1,5-6H2,2H3,(H,14,15)(H,16,17). The number of rotatable bonds is 4. The molecule has 0 saturated heterocycles. The molecule has 0 aromatic heterocycles. The van der Waals surface area contributed by atoms with E-state index in [1.807, 2.05) is 19.1 Å². The third kappa shape index (κ3) is 2.12. The summed E-state index contributed by atoms with van der Waals surface area (Å²) in [6.45, 7) is 5.96. The van der Waals surface area contributed by atoms with Crippen LogP contribution in [0.1, 0.15) is 13.3 Å². The molecule has 0 aromatic carbocycles. The van der Waals surface area contributed by atoms with Gasteiger partial charge in [0.05, 0.1) is 11.8 Å². The average molecular weight is 235 g/mol. The molecule has 4 heteroatoms. The van der Waals surface area contributed by atoms with Crippen molar-refractivity contribution in [3.8, 4) is 0 Å². The summed E-state index contributed by atoms with van der Waals surface area (Å²) in [4.78, 5) is 23.2. The summed E-state index contributed by atoms with van der Waals surface area (Å²) in [5, 5.41) is 12.0. The first-order valence-corrected chi connectivity index (χ1v) is 5.84. The summed E-state index contributed by atoms with van der Waals surface area (Å²) in [5.74, 6) is -1.88. The maximum Gasteiger partial charge on any atom is 0.307 e. The first kappa shape index (κ1) is 11.9. The minimum atomic E-state index is -0.864. The molecule has 4 nitrogen and oxygen atoms in total. The summed E-state index contributed by atoms with van der Waals surface area (Å²) < 4.78 is 0. The van der Waals surface area contributed by atoms with E-state index in [9.17, 15) is 14.7 Å². The number of fused-ring (bicyclic) bond motifs is 2. The molecule has 4 atom stereocenters. The molecular formula is C13H17NO3. The monoisotopic (exact) mass is 235 g/mol. The summed E-state index contributed by atoms with van der Waals surface area (Å²) in [7, 11) is 0. The van der Waals surface area contributed by atoms with Gasteiger partial charge >= 0.3 is 5.97 Å². The number of amides is 1. The van der Waals surface area contributed by atoms with Crippen molar-refractivity contribution in [3.63, 3.8) is 0 Å². The van der Waals surface area contributed by atoms with Gasteiger partial charge in [-0.05, 0) is 25.2 Å². The number of hydrogen-bond donors (Lipinski definition) is 2. The molecule has 2 bridgehead atoms. The van der Waals surface area contributed by atoms with Crippen LogP contribution in [0.3, 0.4) is 0 Å². The van der Waals surface area contributed by atoms with Gasteiger partial charge < -0.3 is 10.4 Å². The first-order chi connectivity index (χ1) is 8.00. The number of carboxylic acid groups (broad SMARTS) is 1. The molecule has 0 heterocycles. The van der Waals surface area contributed by atoms with Gasteiger partial charge in [0, 0.05) is 6.54 Å². The second kappa shape index (κ2) is 4.35. The normalized spacial score (nSPS) is 33.7. The van der Waals surface area contributed by atoms with Gasteiger partial charge in [0.1, 0.15) is 0 Å². The fourth-order valence-corrected chi connectivity index (χ4v) is 2.87. The highest BCUT2D eigenvalue weighted by atomic mass is 16.4. The Hall–Kier alpha value is -1.58. The Morgan fingerprint density at radius 2 is 1.94 bits per heavy atom. The zero-order valence-electron chi connectivity index (χ0n) is 9.85. The van der Waals surface area contributed by atoms with E-state index < -0.39 is 17.8 Å². The molecule has 0 aromatic rings. The largest absolute Gasteiger partial charge is 0.481 e. The topological polar surface area (TPSA) is 66.4 Å². The number of carbonyl (C=O) groups is 2. The van der Waals surface area contributed by atoms with Crippen LogP contribution < -0.4 is 5.32 Å². The van der Waals surface area contributed by atoms with Crippen LogP contribution in [0.5, 0.6) is 0 Å². The van der Waals surface area contributed by atoms with Gasteiger partial charge in [-0.25, -0.2) is 0 Å². The Balaban J connectivity index is 2.08. The summed E-state index contributed by atoms with van der Waals surface area (Å²) >= 11 is 0. The maximum atomic E-state index is 12.0. The number of carboxylic acids is 1. The van der Waals surface area contributed by atoms with Crippen LogP contribution in [0.15, 0.2) is 24.3 Å². The van der Waals surface area contributed by atoms with E-state index in [0.29, 0.717) is 6.54 Å². The van der Waals surface area contributed by atoms with E-state index in [-0.39, 0.29) is 17.7 Å². The molecule has 0 spiro atoms. The number of allylic oxidation sites excluding steroid dienone is 2. The molecule has 0 radical (unpaired) electrons. The van der Waals surface area contributed by atoms with Crippen LogP contribution in [0.25, 0.3) is 0 Å². The molecule has 92 valence electrons. The van der Waals surface area contributed by atoms with E-state index in [0.717, 1.165) is 12.0 Å². The lowest BCUT2D eigenvalue weighted by Gasteiger charge is -2.23. The van der Waals surface area contributed by atoms with E-state index in [4.69, 9.17) is 0 Å². The lowest BCUT2D eigenvalue weighted by Crippen LogP contribution is -2.40. The quantitative estimate of drug-likeness (QED) is 0.719. The lowest BCUT2D eigenvalue weighted by atomic mass is 9.82. The fraction of sp³-hybridized carbons (Fsp3) is 0.538. The zero-order valence-corrected chi connectivity index (χ0v) is 9.85. The van der Waals surface area contributed by atoms with Crippen LogP contribution in [0, 0.1) is 23.7 Å². The smallest absolute Gasteiger partial charge is 0.307 e. The van der Waals surface area contributed by atoms with Crippen molar-refractivity contribution in [1.82, 2.24) is 5.32 Å². The van der Waals surface area contributed by atoms with Crippen molar-refractivity contribution in [1.29, 1.82) is 0 Å². The van der Waals surface area contributed by atoms with Gasteiger partial charge in [0.15, 0.2) is 0 Å². The Morgan fingerprint density at radius 3 is 2.47 bits per heavy atom. The highest BCUT2D eigenvalue weighted by Crippen LogP contribution is 2.48. The van der Waals surface area contributed by atoms with Gasteiger partial charge in [0.25, 0.3) is 0 Å². The summed E-state index contributed by atoms with van der Waals surface area (Å²) in [6.07, 6.45) is 4.71. The van der Waals surface area contributed by atoms with Gasteiger partial charge in [0.2, 0.25) is 5.91 Å². The van der Waals surface area contributed by atoms with Crippen molar-refractivity contribution in [2.24, 2.45) is 23.7 Å². The molecule has 1 fully saturated rings. The minimum absolute atomic E-state index is 0.0260. The van der Waals surface area contributed by atoms with Crippen LogP contribution in [-0.2, 0) is 9.59 Å². The molecule has 0 aliphatic heterocycles. The van der Waals surface area contributed by atoms with Crippen molar-refractivity contribution in [2.75, 3.05) is 6.54 Å². The Bertz CT molecular complexity index is 399. The van der Waals surface area contributed by atoms with Crippen molar-refractivity contribution in [2.45, 2.75) is 13.3 Å². The van der Waals surface area contributed by atoms with Gasteiger partial charge in [-0.2, -0.15) is 0 Å². The SMILES string of the molecule is C=C(C)CNC(=O)C1C2C=CC(C2)C1C(=O)O. The first-order valence-electron chi connectivity index (χ1n) is 5.84. The number of aliphatic carboxylic acids is 1. The molecule has 2 aliphatic rings. The third-order valence-corrected chi connectivity index (χ3v) is 3.61. The molecule has 2 rings (SSSR count). The molecule has 1 saturated carbocycles. The number of nitrogens with one attached hydrogen (secondary N) is 1. The second-order valence-corrected chi connectivity index (χ2v) is 5.01. The zero-order chi connectivity index (χ0) is 12.6. The van der Waals surface area contributed by atoms with Gasteiger partial charge in [-0.15, -0.1) is 0 Å². The minimum Gasteiger partial charge on any atom is -0.481 e. The summed E-state index contributed by atoms with van der Waals surface area (Å²) in [5.41, 5.74) is 0.865. The molecule has 2 N–H and O–H groups in total. The Morgan fingerprint density at radius 1 is 1.35 bits per heavy atom. The number of hydrogen-bond acceptors (Lipinski definition) is 2. The summed E-state index contributed by atoms with van der Waals surface area (Å²) in [6, 6.07) is 0. The molecular weight excluding hydrogens is 218 g/mol. The van der Waals surface area contributed by atoms with Crippen molar-refractivity contribution >= 4 is 11.9 Å². The van der Waals surface area contributed by atoms with Crippen molar-refractivity contribution < 1.29 is 14.7 Å². The Kier molecular flexibility index (Phi) is 3.05. The predicted octanol–water partition coefficient (Wildman–Crippen LogP) is 1.20. The Labute approximate surface area is 100 Å². The molecule has 4 unspecified atom stereocenters. The van der Waals surface area contributed by atoms with Crippen LogP contribution in [-0.4, -0.2) is 23.5 Å². The van der Waals surface area contributed by atoms with E-state index in [1.54, 1.807) is 0 Å². The second-order valence-electron chi connectivity index (χ2n) is 5.01. The molecule has 17 heavy (non-hydrogen) atoms. The highest BCUT2D eigenvalue weighted by Gasteiger charge is 2.51. The third-order valence-electron chi connectivity index (χ3n) is 3.61. The molecule has 2 aliphatic carbocycles. The molecule has 1 amide bonds. The van der Waals surface area contributed by atoms with E-state index in [2.05, 4.69) is 11.9 Å². The average Bonchev–Trinajstić information content (AvgIpc) is 2.84. The van der Waals surface area contributed by atoms with E-state index >= 15 is 0 Å². The fourth-order valence-electron chi connectivity index (χ4n) is 2.87. The highest BCUT2D eigenvalue weighted by molar-refractivity contribution is 5.86. The van der Waals surface area contributed by atoms with Crippen molar-refractivity contribution in [3.05, 3.63) is 24.3 Å². The van der Waals surface area contributed by atoms with Gasteiger partial charge in [-0.3, -0.25) is 9.59 Å². The van der Waals surface area contributed by atoms with Crippen LogP contribution >= 0.6 is 0 Å². The van der Waals surface area contributed by atoms with Crippen LogP contribution in [0.2, 0.25) is 0 Å². The number of carbonyl (C=O) groups excluding carboxylic acids is 1. The lowest BCUT2D eigenvalue weighted by molar-refractivity contribution is -0.147.